The Hall–Kier alpha value is -3.01. The van der Waals surface area contributed by atoms with Crippen molar-refractivity contribution in [3.8, 4) is 6.07 Å². The van der Waals surface area contributed by atoms with Gasteiger partial charge in [-0.3, -0.25) is 9.78 Å². The fraction of sp³-hybridized carbons (Fsp3) is 0.0500. The third kappa shape index (κ3) is 4.28. The first kappa shape index (κ1) is 19.7. The number of nitriles is 1. The SMILES string of the molecule is N#Cc1c(F)cc(C(=O)N[C@@H](c2ccc(Cl)cc2)c2ccc(Cl)cn2)cc1F. The highest BCUT2D eigenvalue weighted by Gasteiger charge is 2.21. The van der Waals surface area contributed by atoms with Crippen LogP contribution in [0.4, 0.5) is 8.78 Å². The zero-order chi connectivity index (χ0) is 20.3. The van der Waals surface area contributed by atoms with Crippen LogP contribution in [0.25, 0.3) is 0 Å². The number of hydrogen-bond donors (Lipinski definition) is 1. The lowest BCUT2D eigenvalue weighted by Crippen LogP contribution is -2.30. The van der Waals surface area contributed by atoms with Gasteiger partial charge in [0.2, 0.25) is 0 Å². The van der Waals surface area contributed by atoms with Crippen molar-refractivity contribution in [3.63, 3.8) is 0 Å². The molecule has 140 valence electrons. The van der Waals surface area contributed by atoms with E-state index in [1.165, 1.54) is 12.3 Å². The number of pyridine rings is 1. The molecular formula is C20H11Cl2F2N3O. The Balaban J connectivity index is 1.97. The van der Waals surface area contributed by atoms with Gasteiger partial charge >= 0.3 is 0 Å². The molecule has 1 atom stereocenters. The van der Waals surface area contributed by atoms with E-state index < -0.39 is 29.1 Å². The molecule has 0 unspecified atom stereocenters. The van der Waals surface area contributed by atoms with E-state index in [0.29, 0.717) is 21.3 Å². The maximum Gasteiger partial charge on any atom is 0.252 e. The van der Waals surface area contributed by atoms with E-state index in [2.05, 4.69) is 10.3 Å². The summed E-state index contributed by atoms with van der Waals surface area (Å²) >= 11 is 11.8. The molecule has 8 heteroatoms. The topological polar surface area (TPSA) is 65.8 Å². The minimum atomic E-state index is -1.11. The van der Waals surface area contributed by atoms with Crippen molar-refractivity contribution < 1.29 is 13.6 Å². The molecule has 1 N–H and O–H groups in total. The number of rotatable bonds is 4. The number of amides is 1. The van der Waals surface area contributed by atoms with Gasteiger partial charge in [0.25, 0.3) is 5.91 Å². The summed E-state index contributed by atoms with van der Waals surface area (Å²) in [4.78, 5) is 16.8. The molecule has 3 aromatic rings. The van der Waals surface area contributed by atoms with Crippen molar-refractivity contribution in [2.24, 2.45) is 0 Å². The van der Waals surface area contributed by atoms with E-state index in [4.69, 9.17) is 28.5 Å². The number of carbonyl (C=O) groups is 1. The molecule has 0 fully saturated rings. The maximum atomic E-state index is 13.9. The van der Waals surface area contributed by atoms with Crippen LogP contribution in [0.15, 0.2) is 54.7 Å². The van der Waals surface area contributed by atoms with Crippen LogP contribution >= 0.6 is 23.2 Å². The predicted octanol–water partition coefficient (Wildman–Crippen LogP) is 5.06. The fourth-order valence-corrected chi connectivity index (χ4v) is 2.80. The Kier molecular flexibility index (Phi) is 5.88. The maximum absolute atomic E-state index is 13.9. The summed E-state index contributed by atoms with van der Waals surface area (Å²) in [6.07, 6.45) is 1.42. The minimum Gasteiger partial charge on any atom is -0.340 e. The molecule has 4 nitrogen and oxygen atoms in total. The molecule has 0 aliphatic carbocycles. The van der Waals surface area contributed by atoms with Crippen LogP contribution < -0.4 is 5.32 Å². The van der Waals surface area contributed by atoms with E-state index >= 15 is 0 Å². The van der Waals surface area contributed by atoms with Gasteiger partial charge in [0.15, 0.2) is 0 Å². The Morgan fingerprint density at radius 2 is 1.64 bits per heavy atom. The third-order valence-electron chi connectivity index (χ3n) is 3.94. The van der Waals surface area contributed by atoms with Gasteiger partial charge in [0.1, 0.15) is 23.3 Å². The van der Waals surface area contributed by atoms with Crippen LogP contribution in [-0.2, 0) is 0 Å². The highest BCUT2D eigenvalue weighted by Crippen LogP contribution is 2.24. The highest BCUT2D eigenvalue weighted by molar-refractivity contribution is 6.30. The van der Waals surface area contributed by atoms with Crippen LogP contribution in [0.5, 0.6) is 0 Å². The summed E-state index contributed by atoms with van der Waals surface area (Å²) in [5, 5.41) is 12.4. The average Bonchev–Trinajstić information content (AvgIpc) is 2.67. The lowest BCUT2D eigenvalue weighted by atomic mass is 10.0. The first-order valence-electron chi connectivity index (χ1n) is 7.96. The summed E-state index contributed by atoms with van der Waals surface area (Å²) in [6.45, 7) is 0. The molecule has 0 aliphatic rings. The zero-order valence-corrected chi connectivity index (χ0v) is 15.6. The molecule has 0 saturated carbocycles. The Morgan fingerprint density at radius 1 is 1.04 bits per heavy atom. The normalized spacial score (nSPS) is 11.5. The van der Waals surface area contributed by atoms with Crippen molar-refractivity contribution in [2.75, 3.05) is 0 Å². The van der Waals surface area contributed by atoms with Crippen molar-refractivity contribution >= 4 is 29.1 Å². The van der Waals surface area contributed by atoms with E-state index in [0.717, 1.165) is 12.1 Å². The summed E-state index contributed by atoms with van der Waals surface area (Å²) in [7, 11) is 0. The fourth-order valence-electron chi connectivity index (χ4n) is 2.57. The van der Waals surface area contributed by atoms with Gasteiger partial charge in [-0.25, -0.2) is 8.78 Å². The number of nitrogens with zero attached hydrogens (tertiary/aromatic N) is 2. The molecule has 28 heavy (non-hydrogen) atoms. The molecule has 2 aromatic carbocycles. The molecule has 0 bridgehead atoms. The number of nitrogens with one attached hydrogen (secondary N) is 1. The molecule has 3 rings (SSSR count). The quantitative estimate of drug-likeness (QED) is 0.645. The molecule has 0 aliphatic heterocycles. The van der Waals surface area contributed by atoms with Crippen LogP contribution in [0.3, 0.4) is 0 Å². The molecule has 0 radical (unpaired) electrons. The monoisotopic (exact) mass is 417 g/mol. The Morgan fingerprint density at radius 3 is 2.18 bits per heavy atom. The van der Waals surface area contributed by atoms with Crippen molar-refractivity contribution in [1.29, 1.82) is 5.26 Å². The summed E-state index contributed by atoms with van der Waals surface area (Å²) in [5.74, 6) is -2.96. The van der Waals surface area contributed by atoms with Crippen LogP contribution in [0.2, 0.25) is 10.0 Å². The van der Waals surface area contributed by atoms with Gasteiger partial charge in [-0.05, 0) is 42.0 Å². The van der Waals surface area contributed by atoms with E-state index in [-0.39, 0.29) is 5.56 Å². The van der Waals surface area contributed by atoms with Crippen LogP contribution in [0.1, 0.15) is 33.2 Å². The van der Waals surface area contributed by atoms with Gasteiger partial charge in [0.05, 0.1) is 16.8 Å². The zero-order valence-electron chi connectivity index (χ0n) is 14.1. The summed E-state index contributed by atoms with van der Waals surface area (Å²) in [6, 6.07) is 12.2. The first-order valence-corrected chi connectivity index (χ1v) is 8.71. The average molecular weight is 418 g/mol. The van der Waals surface area contributed by atoms with E-state index in [1.54, 1.807) is 36.4 Å². The van der Waals surface area contributed by atoms with Crippen LogP contribution in [0, 0.1) is 23.0 Å². The van der Waals surface area contributed by atoms with Gasteiger partial charge in [0, 0.05) is 16.8 Å². The predicted molar refractivity (Wildman–Crippen MR) is 101 cm³/mol. The van der Waals surface area contributed by atoms with Crippen molar-refractivity contribution in [3.05, 3.63) is 98.8 Å². The van der Waals surface area contributed by atoms with Crippen molar-refractivity contribution in [2.45, 2.75) is 6.04 Å². The highest BCUT2D eigenvalue weighted by atomic mass is 35.5. The lowest BCUT2D eigenvalue weighted by Gasteiger charge is -2.19. The number of aromatic nitrogens is 1. The lowest BCUT2D eigenvalue weighted by molar-refractivity contribution is 0.0941. The standard InChI is InChI=1S/C20H11Cl2F2N3O/c21-13-3-1-11(2-4-13)19(18-6-5-14(22)10-26-18)27-20(28)12-7-16(23)15(9-25)17(24)8-12/h1-8,10,19H,(H,27,28)/t19-/m0/s1. The van der Waals surface area contributed by atoms with E-state index in [9.17, 15) is 13.6 Å². The Labute approximate surface area is 169 Å². The van der Waals surface area contributed by atoms with Crippen LogP contribution in [-0.4, -0.2) is 10.9 Å². The summed E-state index contributed by atoms with van der Waals surface area (Å²) in [5.41, 5.74) is 0.115. The smallest absolute Gasteiger partial charge is 0.252 e. The second-order valence-corrected chi connectivity index (χ2v) is 6.66. The number of carbonyl (C=O) groups excluding carboxylic acids is 1. The number of hydrogen-bond acceptors (Lipinski definition) is 3. The summed E-state index contributed by atoms with van der Waals surface area (Å²) < 4.78 is 27.7. The second kappa shape index (κ2) is 8.34. The van der Waals surface area contributed by atoms with Gasteiger partial charge in [-0.2, -0.15) is 5.26 Å². The van der Waals surface area contributed by atoms with Gasteiger partial charge < -0.3 is 5.32 Å². The molecular weight excluding hydrogens is 407 g/mol. The first-order chi connectivity index (χ1) is 13.4. The number of benzene rings is 2. The second-order valence-electron chi connectivity index (χ2n) is 5.79. The number of halogens is 4. The van der Waals surface area contributed by atoms with Crippen molar-refractivity contribution in [1.82, 2.24) is 10.3 Å². The molecule has 1 aromatic heterocycles. The largest absolute Gasteiger partial charge is 0.340 e. The molecule has 0 saturated heterocycles. The third-order valence-corrected chi connectivity index (χ3v) is 4.42. The molecule has 0 spiro atoms. The molecule has 1 heterocycles. The Bertz CT molecular complexity index is 996. The van der Waals surface area contributed by atoms with Gasteiger partial charge in [-0.1, -0.05) is 35.3 Å². The molecule has 1 amide bonds. The van der Waals surface area contributed by atoms with E-state index in [1.807, 2.05) is 0 Å². The minimum absolute atomic E-state index is 0.262. The van der Waals surface area contributed by atoms with Gasteiger partial charge in [-0.15, -0.1) is 0 Å².